The molecule has 0 saturated heterocycles. The molecule has 0 saturated carbocycles. The number of para-hydroxylation sites is 2. The third-order valence-corrected chi connectivity index (χ3v) is 7.25. The van der Waals surface area contributed by atoms with E-state index in [0.717, 1.165) is 32.9 Å². The van der Waals surface area contributed by atoms with E-state index >= 15 is 0 Å². The number of imidazole rings is 1. The molecule has 1 unspecified atom stereocenters. The Morgan fingerprint density at radius 1 is 0.857 bits per heavy atom. The van der Waals surface area contributed by atoms with Crippen molar-refractivity contribution in [1.82, 2.24) is 9.55 Å². The SMILES string of the molecule is O=C1C2C=C(c3ccccc3)S[C@]2(c2ccccc2)c2nc3ccccc3n21. The summed E-state index contributed by atoms with van der Waals surface area (Å²) in [6, 6.07) is 28.5. The van der Waals surface area contributed by atoms with Gasteiger partial charge in [0.15, 0.2) is 0 Å². The van der Waals surface area contributed by atoms with Gasteiger partial charge in [-0.3, -0.25) is 9.36 Å². The van der Waals surface area contributed by atoms with Crippen molar-refractivity contribution in [1.29, 1.82) is 0 Å². The van der Waals surface area contributed by atoms with Gasteiger partial charge in [-0.25, -0.2) is 4.98 Å². The Kier molecular flexibility index (Phi) is 3.23. The number of carbonyl (C=O) groups excluding carboxylic acids is 1. The molecule has 3 nitrogen and oxygen atoms in total. The molecule has 0 aliphatic carbocycles. The minimum Gasteiger partial charge on any atom is -0.273 e. The molecule has 0 fully saturated rings. The average molecular weight is 380 g/mol. The summed E-state index contributed by atoms with van der Waals surface area (Å²) in [5, 5.41) is 0. The number of rotatable bonds is 2. The molecule has 3 aromatic carbocycles. The fourth-order valence-corrected chi connectivity index (χ4v) is 6.00. The van der Waals surface area contributed by atoms with Gasteiger partial charge < -0.3 is 0 Å². The quantitative estimate of drug-likeness (QED) is 0.471. The summed E-state index contributed by atoms with van der Waals surface area (Å²) in [5.74, 6) is 0.676. The predicted octanol–water partition coefficient (Wildman–Crippen LogP) is 5.34. The number of aromatic nitrogens is 2. The normalized spacial score (nSPS) is 22.9. The summed E-state index contributed by atoms with van der Waals surface area (Å²) in [7, 11) is 0. The van der Waals surface area contributed by atoms with Crippen molar-refractivity contribution >= 4 is 33.6 Å². The zero-order valence-electron chi connectivity index (χ0n) is 14.9. The van der Waals surface area contributed by atoms with Crippen molar-refractivity contribution in [2.75, 3.05) is 0 Å². The molecule has 2 aliphatic heterocycles. The molecule has 0 bridgehead atoms. The van der Waals surface area contributed by atoms with Gasteiger partial charge in [-0.1, -0.05) is 78.9 Å². The first-order valence-electron chi connectivity index (χ1n) is 9.33. The van der Waals surface area contributed by atoms with Gasteiger partial charge in [-0.2, -0.15) is 0 Å². The van der Waals surface area contributed by atoms with Crippen LogP contribution in [0.2, 0.25) is 0 Å². The van der Waals surface area contributed by atoms with E-state index in [-0.39, 0.29) is 11.8 Å². The molecule has 0 spiro atoms. The molecule has 0 amide bonds. The second-order valence-electron chi connectivity index (χ2n) is 7.18. The topological polar surface area (TPSA) is 34.9 Å². The molecule has 134 valence electrons. The molecular weight excluding hydrogens is 364 g/mol. The predicted molar refractivity (Wildman–Crippen MR) is 113 cm³/mol. The highest BCUT2D eigenvalue weighted by Gasteiger charge is 2.59. The fourth-order valence-electron chi connectivity index (χ4n) is 4.42. The Labute approximate surface area is 166 Å². The summed E-state index contributed by atoms with van der Waals surface area (Å²) in [6.45, 7) is 0. The number of thioether (sulfide) groups is 1. The van der Waals surface area contributed by atoms with E-state index in [2.05, 4.69) is 30.3 Å². The van der Waals surface area contributed by atoms with Crippen molar-refractivity contribution in [3.63, 3.8) is 0 Å². The third-order valence-electron chi connectivity index (χ3n) is 5.67. The lowest BCUT2D eigenvalue weighted by Gasteiger charge is -2.27. The molecule has 0 N–H and O–H groups in total. The summed E-state index contributed by atoms with van der Waals surface area (Å²) in [4.78, 5) is 19.7. The highest BCUT2D eigenvalue weighted by atomic mass is 32.2. The van der Waals surface area contributed by atoms with E-state index in [0.29, 0.717) is 0 Å². The molecular formula is C24H16N2OS. The van der Waals surface area contributed by atoms with Gasteiger partial charge in [0.25, 0.3) is 0 Å². The second-order valence-corrected chi connectivity index (χ2v) is 8.46. The number of fused-ring (bicyclic) bond motifs is 5. The Hall–Kier alpha value is -3.11. The zero-order chi connectivity index (χ0) is 18.7. The van der Waals surface area contributed by atoms with Crippen LogP contribution in [0, 0.1) is 5.92 Å². The van der Waals surface area contributed by atoms with Crippen molar-refractivity contribution < 1.29 is 4.79 Å². The minimum absolute atomic E-state index is 0.103. The maximum atomic E-state index is 13.6. The van der Waals surface area contributed by atoms with Crippen LogP contribution >= 0.6 is 11.8 Å². The number of allylic oxidation sites excluding steroid dienone is 1. The van der Waals surface area contributed by atoms with E-state index in [4.69, 9.17) is 4.98 Å². The first-order chi connectivity index (χ1) is 13.8. The molecule has 1 aromatic heterocycles. The Morgan fingerprint density at radius 3 is 2.32 bits per heavy atom. The molecule has 6 rings (SSSR count). The molecule has 2 aliphatic rings. The van der Waals surface area contributed by atoms with Crippen LogP contribution in [0.4, 0.5) is 0 Å². The number of nitrogens with zero attached hydrogens (tertiary/aromatic N) is 2. The van der Waals surface area contributed by atoms with Crippen LogP contribution in [0.5, 0.6) is 0 Å². The number of benzene rings is 3. The van der Waals surface area contributed by atoms with Crippen molar-refractivity contribution in [2.24, 2.45) is 5.92 Å². The lowest BCUT2D eigenvalue weighted by molar-refractivity contribution is 0.0886. The minimum atomic E-state index is -0.525. The van der Waals surface area contributed by atoms with Gasteiger partial charge in [-0.05, 0) is 23.3 Å². The van der Waals surface area contributed by atoms with Crippen LogP contribution in [0.3, 0.4) is 0 Å². The second kappa shape index (κ2) is 5.69. The highest BCUT2D eigenvalue weighted by molar-refractivity contribution is 8.09. The van der Waals surface area contributed by atoms with Crippen LogP contribution in [0.15, 0.2) is 91.0 Å². The Balaban J connectivity index is 1.63. The molecule has 0 radical (unpaired) electrons. The van der Waals surface area contributed by atoms with E-state index in [1.54, 1.807) is 11.8 Å². The average Bonchev–Trinajstić information content (AvgIpc) is 3.40. The van der Waals surface area contributed by atoms with Crippen LogP contribution < -0.4 is 0 Å². The largest absolute Gasteiger partial charge is 0.273 e. The van der Waals surface area contributed by atoms with E-state index in [1.165, 1.54) is 0 Å². The maximum absolute atomic E-state index is 13.6. The van der Waals surface area contributed by atoms with Gasteiger partial charge in [-0.15, -0.1) is 11.8 Å². The Morgan fingerprint density at radius 2 is 1.54 bits per heavy atom. The summed E-state index contributed by atoms with van der Waals surface area (Å²) >= 11 is 1.75. The highest BCUT2D eigenvalue weighted by Crippen LogP contribution is 2.62. The molecule has 3 heterocycles. The molecule has 2 atom stereocenters. The zero-order valence-corrected chi connectivity index (χ0v) is 15.8. The van der Waals surface area contributed by atoms with Gasteiger partial charge in [0.1, 0.15) is 10.6 Å². The van der Waals surface area contributed by atoms with Crippen molar-refractivity contribution in [3.05, 3.63) is 108 Å². The lowest BCUT2D eigenvalue weighted by Crippen LogP contribution is -2.28. The number of hydrogen-bond acceptors (Lipinski definition) is 3. The summed E-state index contributed by atoms with van der Waals surface area (Å²) in [5.41, 5.74) is 4.03. The van der Waals surface area contributed by atoms with Gasteiger partial charge in [0.2, 0.25) is 5.91 Å². The van der Waals surface area contributed by atoms with Crippen LogP contribution in [0.1, 0.15) is 21.7 Å². The first-order valence-corrected chi connectivity index (χ1v) is 10.1. The molecule has 28 heavy (non-hydrogen) atoms. The molecule has 4 aromatic rings. The van der Waals surface area contributed by atoms with Crippen molar-refractivity contribution in [3.8, 4) is 0 Å². The van der Waals surface area contributed by atoms with E-state index in [9.17, 15) is 4.79 Å². The maximum Gasteiger partial charge on any atom is 0.241 e. The Bertz CT molecular complexity index is 1260. The van der Waals surface area contributed by atoms with Crippen molar-refractivity contribution in [2.45, 2.75) is 4.75 Å². The van der Waals surface area contributed by atoms with E-state index in [1.807, 2.05) is 65.2 Å². The monoisotopic (exact) mass is 380 g/mol. The standard InChI is InChI=1S/C24H16N2OS/c27-22-18-15-21(16-9-3-1-4-10-16)28-24(18,17-11-5-2-6-12-17)23-25-19-13-7-8-14-20(19)26(22)23/h1-15,18H/t18?,24-/m0/s1. The lowest BCUT2D eigenvalue weighted by atomic mass is 9.86. The smallest absolute Gasteiger partial charge is 0.241 e. The van der Waals surface area contributed by atoms with Gasteiger partial charge in [0, 0.05) is 4.91 Å². The van der Waals surface area contributed by atoms with E-state index < -0.39 is 4.75 Å². The summed E-state index contributed by atoms with van der Waals surface area (Å²) in [6.07, 6.45) is 2.14. The fraction of sp³-hybridized carbons (Fsp3) is 0.0833. The third kappa shape index (κ3) is 1.96. The molecule has 4 heteroatoms. The van der Waals surface area contributed by atoms with Crippen LogP contribution in [-0.2, 0) is 4.75 Å². The summed E-state index contributed by atoms with van der Waals surface area (Å²) < 4.78 is 1.31. The van der Waals surface area contributed by atoms with Crippen LogP contribution in [0.25, 0.3) is 15.9 Å². The van der Waals surface area contributed by atoms with Crippen LogP contribution in [-0.4, -0.2) is 15.5 Å². The first kappa shape index (κ1) is 15.9. The number of hydrogen-bond donors (Lipinski definition) is 0. The number of carbonyl (C=O) groups is 1. The van der Waals surface area contributed by atoms with Gasteiger partial charge >= 0.3 is 0 Å². The van der Waals surface area contributed by atoms with Gasteiger partial charge in [0.05, 0.1) is 17.0 Å².